The predicted octanol–water partition coefficient (Wildman–Crippen LogP) is 7.79. The Labute approximate surface area is 202 Å². The molecule has 0 aliphatic rings. The van der Waals surface area contributed by atoms with Gasteiger partial charge in [-0.1, -0.05) is 56.1 Å². The van der Waals surface area contributed by atoms with Crippen LogP contribution in [0.25, 0.3) is 11.1 Å². The minimum atomic E-state index is 0.188. The summed E-state index contributed by atoms with van der Waals surface area (Å²) in [6, 6.07) is 26.1. The molecule has 0 radical (unpaired) electrons. The molecule has 6 heteroatoms. The zero-order valence-corrected chi connectivity index (χ0v) is 20.0. The highest BCUT2D eigenvalue weighted by molar-refractivity contribution is 9.10. The van der Waals surface area contributed by atoms with Crippen LogP contribution in [0, 0.1) is 0 Å². The van der Waals surface area contributed by atoms with Gasteiger partial charge in [-0.25, -0.2) is 0 Å². The van der Waals surface area contributed by atoms with Gasteiger partial charge in [-0.15, -0.1) is 0 Å². The van der Waals surface area contributed by atoms with E-state index in [1.54, 1.807) is 42.8 Å². The van der Waals surface area contributed by atoms with E-state index in [1.807, 2.05) is 54.6 Å². The minimum Gasteiger partial charge on any atom is -0.508 e. The SMILES string of the molecule is Oc1ccc(Br)c(C=Nc2ccc(-c3ccc(N=Cc4cc(Br)ccc4O)cc3)cc2)c1. The fraction of sp³-hybridized carbons (Fsp3) is 0. The molecule has 0 amide bonds. The van der Waals surface area contributed by atoms with Crippen LogP contribution in [-0.4, -0.2) is 22.6 Å². The molecule has 0 unspecified atom stereocenters. The third-order valence-corrected chi connectivity index (χ3v) is 5.96. The van der Waals surface area contributed by atoms with E-state index in [0.717, 1.165) is 37.0 Å². The first kappa shape index (κ1) is 22.0. The van der Waals surface area contributed by atoms with Crippen molar-refractivity contribution in [3.8, 4) is 22.6 Å². The summed E-state index contributed by atoms with van der Waals surface area (Å²) in [5, 5.41) is 19.5. The Morgan fingerprint density at radius 3 is 1.75 bits per heavy atom. The summed E-state index contributed by atoms with van der Waals surface area (Å²) in [5.41, 5.74) is 5.21. The van der Waals surface area contributed by atoms with Gasteiger partial charge < -0.3 is 10.2 Å². The number of hydrogen-bond donors (Lipinski definition) is 2. The largest absolute Gasteiger partial charge is 0.508 e. The van der Waals surface area contributed by atoms with Crippen molar-refractivity contribution in [2.75, 3.05) is 0 Å². The van der Waals surface area contributed by atoms with E-state index >= 15 is 0 Å². The van der Waals surface area contributed by atoms with Gasteiger partial charge in [-0.2, -0.15) is 0 Å². The van der Waals surface area contributed by atoms with Gasteiger partial charge in [0, 0.05) is 32.5 Å². The molecule has 0 fully saturated rings. The molecule has 0 bridgehead atoms. The van der Waals surface area contributed by atoms with E-state index in [1.165, 1.54) is 0 Å². The van der Waals surface area contributed by atoms with Gasteiger partial charge in [0.2, 0.25) is 0 Å². The fourth-order valence-corrected chi connectivity index (χ4v) is 3.75. The van der Waals surface area contributed by atoms with Gasteiger partial charge in [0.15, 0.2) is 0 Å². The van der Waals surface area contributed by atoms with Crippen molar-refractivity contribution >= 4 is 55.7 Å². The van der Waals surface area contributed by atoms with E-state index < -0.39 is 0 Å². The second kappa shape index (κ2) is 9.94. The Hall–Kier alpha value is -3.22. The van der Waals surface area contributed by atoms with Gasteiger partial charge >= 0.3 is 0 Å². The molecule has 0 aromatic heterocycles. The van der Waals surface area contributed by atoms with E-state index in [4.69, 9.17) is 0 Å². The second-order valence-corrected chi connectivity index (χ2v) is 8.79. The molecule has 4 aromatic carbocycles. The molecule has 158 valence electrons. The lowest BCUT2D eigenvalue weighted by molar-refractivity contribution is 0.474. The molecule has 0 heterocycles. The number of aliphatic imine (C=N–C) groups is 2. The predicted molar refractivity (Wildman–Crippen MR) is 138 cm³/mol. The maximum Gasteiger partial charge on any atom is 0.124 e. The van der Waals surface area contributed by atoms with Gasteiger partial charge in [0.25, 0.3) is 0 Å². The molecule has 0 saturated heterocycles. The first-order chi connectivity index (χ1) is 15.5. The van der Waals surface area contributed by atoms with E-state index in [9.17, 15) is 10.2 Å². The molecule has 0 aliphatic heterocycles. The number of nitrogens with zero attached hydrogens (tertiary/aromatic N) is 2. The highest BCUT2D eigenvalue weighted by atomic mass is 79.9. The molecular formula is C26H18Br2N2O2. The Morgan fingerprint density at radius 2 is 1.16 bits per heavy atom. The zero-order chi connectivity index (χ0) is 22.5. The maximum absolute atomic E-state index is 9.92. The van der Waals surface area contributed by atoms with Crippen LogP contribution in [0.4, 0.5) is 11.4 Å². The van der Waals surface area contributed by atoms with Crippen molar-refractivity contribution in [2.45, 2.75) is 0 Å². The maximum atomic E-state index is 9.92. The van der Waals surface area contributed by atoms with E-state index in [-0.39, 0.29) is 11.5 Å². The van der Waals surface area contributed by atoms with Crippen LogP contribution >= 0.6 is 31.9 Å². The summed E-state index contributed by atoms with van der Waals surface area (Å²) < 4.78 is 1.75. The molecule has 4 aromatic rings. The summed E-state index contributed by atoms with van der Waals surface area (Å²) in [4.78, 5) is 8.93. The van der Waals surface area contributed by atoms with Crippen LogP contribution in [0.5, 0.6) is 11.5 Å². The molecule has 4 nitrogen and oxygen atoms in total. The van der Waals surface area contributed by atoms with Crippen molar-refractivity contribution in [2.24, 2.45) is 9.98 Å². The van der Waals surface area contributed by atoms with E-state index in [2.05, 4.69) is 41.8 Å². The Morgan fingerprint density at radius 1 is 0.594 bits per heavy atom. The normalized spacial score (nSPS) is 11.4. The molecule has 4 rings (SSSR count). The average molecular weight is 550 g/mol. The number of aromatic hydroxyl groups is 2. The number of phenols is 2. The Balaban J connectivity index is 1.46. The van der Waals surface area contributed by atoms with Crippen molar-refractivity contribution in [1.82, 2.24) is 0 Å². The number of hydrogen-bond acceptors (Lipinski definition) is 4. The zero-order valence-electron chi connectivity index (χ0n) is 16.8. The fourth-order valence-electron chi connectivity index (χ4n) is 3.03. The lowest BCUT2D eigenvalue weighted by Crippen LogP contribution is -1.83. The van der Waals surface area contributed by atoms with Crippen LogP contribution in [0.2, 0.25) is 0 Å². The summed E-state index contributed by atoms with van der Waals surface area (Å²) in [7, 11) is 0. The summed E-state index contributed by atoms with van der Waals surface area (Å²) in [5.74, 6) is 0.388. The van der Waals surface area contributed by atoms with Crippen LogP contribution in [0.15, 0.2) is 104 Å². The third kappa shape index (κ3) is 5.52. The highest BCUT2D eigenvalue weighted by Gasteiger charge is 2.02. The van der Waals surface area contributed by atoms with Crippen molar-refractivity contribution in [3.05, 3.63) is 105 Å². The first-order valence-corrected chi connectivity index (χ1v) is 11.3. The topological polar surface area (TPSA) is 65.2 Å². The monoisotopic (exact) mass is 548 g/mol. The molecule has 0 saturated carbocycles. The van der Waals surface area contributed by atoms with Crippen LogP contribution in [-0.2, 0) is 0 Å². The number of benzene rings is 4. The quantitative estimate of drug-likeness (QED) is 0.249. The van der Waals surface area contributed by atoms with Crippen LogP contribution in [0.3, 0.4) is 0 Å². The molecule has 2 N–H and O–H groups in total. The Bertz CT molecular complexity index is 1200. The first-order valence-electron chi connectivity index (χ1n) is 9.73. The number of rotatable bonds is 5. The minimum absolute atomic E-state index is 0.188. The van der Waals surface area contributed by atoms with Crippen molar-refractivity contribution in [1.29, 1.82) is 0 Å². The van der Waals surface area contributed by atoms with Crippen LogP contribution in [0.1, 0.15) is 11.1 Å². The van der Waals surface area contributed by atoms with Gasteiger partial charge in [0.05, 0.1) is 11.4 Å². The summed E-state index contributed by atoms with van der Waals surface area (Å²) in [6.45, 7) is 0. The molecule has 0 atom stereocenters. The van der Waals surface area contributed by atoms with Gasteiger partial charge in [-0.3, -0.25) is 9.98 Å². The summed E-state index contributed by atoms with van der Waals surface area (Å²) >= 11 is 6.85. The molecular weight excluding hydrogens is 532 g/mol. The lowest BCUT2D eigenvalue weighted by atomic mass is 10.1. The highest BCUT2D eigenvalue weighted by Crippen LogP contribution is 2.26. The number of phenolic OH excluding ortho intramolecular Hbond substituents is 2. The second-order valence-electron chi connectivity index (χ2n) is 7.02. The average Bonchev–Trinajstić information content (AvgIpc) is 2.81. The standard InChI is InChI=1S/C26H18Br2N2O2/c27-21-5-12-26(32)20(13-21)16-30-23-8-3-18(4-9-23)17-1-6-22(7-2-17)29-15-19-14-24(31)10-11-25(19)28/h1-16,31-32H. The Kier molecular flexibility index (Phi) is 6.83. The summed E-state index contributed by atoms with van der Waals surface area (Å²) in [6.07, 6.45) is 3.36. The van der Waals surface area contributed by atoms with Gasteiger partial charge in [-0.05, 0) is 71.8 Å². The number of halogens is 2. The van der Waals surface area contributed by atoms with E-state index in [0.29, 0.717) is 5.56 Å². The molecule has 0 spiro atoms. The lowest BCUT2D eigenvalue weighted by Gasteiger charge is -2.04. The smallest absolute Gasteiger partial charge is 0.124 e. The van der Waals surface area contributed by atoms with Crippen LogP contribution < -0.4 is 0 Å². The van der Waals surface area contributed by atoms with Gasteiger partial charge in [0.1, 0.15) is 11.5 Å². The van der Waals surface area contributed by atoms with Crippen molar-refractivity contribution < 1.29 is 10.2 Å². The van der Waals surface area contributed by atoms with Crippen molar-refractivity contribution in [3.63, 3.8) is 0 Å². The molecule has 32 heavy (non-hydrogen) atoms. The molecule has 0 aliphatic carbocycles. The third-order valence-electron chi connectivity index (χ3n) is 4.74.